The van der Waals surface area contributed by atoms with E-state index in [0.29, 0.717) is 39.6 Å². The Kier molecular flexibility index (Phi) is 33.8. The lowest BCUT2D eigenvalue weighted by molar-refractivity contribution is 0.236. The predicted octanol–water partition coefficient (Wildman–Crippen LogP) is 21.6. The van der Waals surface area contributed by atoms with E-state index in [9.17, 15) is 0 Å². The molecule has 0 fully saturated rings. The van der Waals surface area contributed by atoms with Gasteiger partial charge in [-0.3, -0.25) is 0 Å². The van der Waals surface area contributed by atoms with E-state index in [1.807, 2.05) is 0 Å². The molecule has 0 aliphatic rings. The molecule has 0 N–H and O–H groups in total. The van der Waals surface area contributed by atoms with Crippen molar-refractivity contribution in [3.05, 3.63) is 36.4 Å². The fraction of sp³-hybridized carbons (Fsp3) is 0.727. The first-order chi connectivity index (χ1) is 35.6. The van der Waals surface area contributed by atoms with Crippen LogP contribution in [0.2, 0.25) is 0 Å². The van der Waals surface area contributed by atoms with Crippen molar-refractivity contribution in [1.29, 1.82) is 0 Å². The summed E-state index contributed by atoms with van der Waals surface area (Å²) in [6.45, 7) is 17.7. The summed E-state index contributed by atoms with van der Waals surface area (Å²) in [6.07, 6.45) is 43.8. The molecule has 4 aromatic carbocycles. The highest BCUT2D eigenvalue weighted by molar-refractivity contribution is 6.28. The molecule has 0 heterocycles. The Morgan fingerprint density at radius 3 is 0.931 bits per heavy atom. The first kappa shape index (κ1) is 61.0. The monoisotopic (exact) mass is 997 g/mol. The minimum atomic E-state index is 0.631. The van der Waals surface area contributed by atoms with Gasteiger partial charge in [0, 0.05) is 5.39 Å². The van der Waals surface area contributed by atoms with Gasteiger partial charge < -0.3 is 28.4 Å². The zero-order valence-corrected chi connectivity index (χ0v) is 47.6. The standard InChI is InChI=1S/C66H108O6/c1-7-13-19-25-31-37-45-67-55-43-44-56-57(51-55)58-52-61(68-46-38-32-26-20-14-8-2)62(69-47-39-33-27-21-15-9-3)53-59(58)60-54-63(70-48-40-34-28-22-16-10-4)65(71-49-41-35-29-23-17-11-5)66(64(56)60)72-50-42-36-30-24-18-12-6/h43-44,51-54H,7-42,45-50H2,1-6H3. The molecular formula is C66H108O6. The molecule has 0 aliphatic heterocycles. The first-order valence-corrected chi connectivity index (χ1v) is 30.9. The first-order valence-electron chi connectivity index (χ1n) is 30.9. The van der Waals surface area contributed by atoms with E-state index in [-0.39, 0.29) is 0 Å². The fourth-order valence-electron chi connectivity index (χ4n) is 10.1. The number of hydrogen-bond donors (Lipinski definition) is 0. The van der Waals surface area contributed by atoms with Gasteiger partial charge in [-0.1, -0.05) is 234 Å². The molecule has 0 aliphatic carbocycles. The Morgan fingerprint density at radius 2 is 0.528 bits per heavy atom. The van der Waals surface area contributed by atoms with Crippen molar-refractivity contribution in [2.75, 3.05) is 39.6 Å². The Balaban J connectivity index is 1.91. The van der Waals surface area contributed by atoms with Crippen molar-refractivity contribution in [2.45, 2.75) is 273 Å². The average molecular weight is 998 g/mol. The average Bonchev–Trinajstić information content (AvgIpc) is 3.39. The van der Waals surface area contributed by atoms with Gasteiger partial charge in [0.1, 0.15) is 5.75 Å². The zero-order chi connectivity index (χ0) is 51.1. The fourth-order valence-corrected chi connectivity index (χ4v) is 10.1. The van der Waals surface area contributed by atoms with E-state index in [1.54, 1.807) is 0 Å². The lowest BCUT2D eigenvalue weighted by Crippen LogP contribution is -2.07. The Labute approximate surface area is 442 Å². The Bertz CT molecular complexity index is 1970. The molecule has 0 spiro atoms. The van der Waals surface area contributed by atoms with Crippen LogP contribution in [-0.2, 0) is 0 Å². The molecule has 0 saturated carbocycles. The lowest BCUT2D eigenvalue weighted by atomic mass is 9.92. The molecule has 4 rings (SSSR count). The van der Waals surface area contributed by atoms with E-state index < -0.39 is 0 Å². The molecular weight excluding hydrogens is 889 g/mol. The van der Waals surface area contributed by atoms with Crippen LogP contribution in [0.5, 0.6) is 34.5 Å². The minimum absolute atomic E-state index is 0.631. The van der Waals surface area contributed by atoms with E-state index in [1.165, 1.54) is 180 Å². The second kappa shape index (κ2) is 39.9. The highest BCUT2D eigenvalue weighted by Crippen LogP contribution is 2.51. The molecule has 0 aromatic heterocycles. The van der Waals surface area contributed by atoms with Gasteiger partial charge in [0.2, 0.25) is 5.75 Å². The van der Waals surface area contributed by atoms with Crippen LogP contribution in [0.3, 0.4) is 0 Å². The molecule has 0 bridgehead atoms. The lowest BCUT2D eigenvalue weighted by Gasteiger charge is -2.23. The van der Waals surface area contributed by atoms with Gasteiger partial charge in [-0.25, -0.2) is 0 Å². The van der Waals surface area contributed by atoms with Crippen LogP contribution in [-0.4, -0.2) is 39.6 Å². The van der Waals surface area contributed by atoms with E-state index >= 15 is 0 Å². The van der Waals surface area contributed by atoms with Crippen LogP contribution in [0.4, 0.5) is 0 Å². The van der Waals surface area contributed by atoms with Crippen molar-refractivity contribution in [2.24, 2.45) is 0 Å². The second-order valence-electron chi connectivity index (χ2n) is 21.2. The zero-order valence-electron chi connectivity index (χ0n) is 47.6. The summed E-state index contributed by atoms with van der Waals surface area (Å²) in [6, 6.07) is 13.6. The summed E-state index contributed by atoms with van der Waals surface area (Å²) >= 11 is 0. The van der Waals surface area contributed by atoms with Crippen LogP contribution < -0.4 is 28.4 Å². The van der Waals surface area contributed by atoms with Crippen molar-refractivity contribution < 1.29 is 28.4 Å². The number of benzene rings is 4. The van der Waals surface area contributed by atoms with Crippen molar-refractivity contribution in [3.8, 4) is 34.5 Å². The van der Waals surface area contributed by atoms with Crippen LogP contribution in [0.25, 0.3) is 32.3 Å². The van der Waals surface area contributed by atoms with Gasteiger partial charge in [0.05, 0.1) is 39.6 Å². The molecule has 0 unspecified atom stereocenters. The summed E-state index contributed by atoms with van der Waals surface area (Å²) in [4.78, 5) is 0. The Hall–Kier alpha value is -3.54. The highest BCUT2D eigenvalue weighted by atomic mass is 16.5. The molecule has 6 heteroatoms. The summed E-state index contributed by atoms with van der Waals surface area (Å²) in [5.74, 6) is 4.93. The van der Waals surface area contributed by atoms with E-state index in [2.05, 4.69) is 77.9 Å². The van der Waals surface area contributed by atoms with Crippen molar-refractivity contribution in [1.82, 2.24) is 0 Å². The molecule has 6 nitrogen and oxygen atoms in total. The molecule has 408 valence electrons. The van der Waals surface area contributed by atoms with Gasteiger partial charge in [-0.05, 0) is 102 Å². The molecule has 72 heavy (non-hydrogen) atoms. The number of rotatable bonds is 48. The topological polar surface area (TPSA) is 55.4 Å². The van der Waals surface area contributed by atoms with Crippen LogP contribution >= 0.6 is 0 Å². The molecule has 0 atom stereocenters. The molecule has 4 aromatic rings. The second-order valence-corrected chi connectivity index (χ2v) is 21.2. The third kappa shape index (κ3) is 22.9. The third-order valence-electron chi connectivity index (χ3n) is 14.6. The summed E-state index contributed by atoms with van der Waals surface area (Å²) < 4.78 is 41.3. The quantitative estimate of drug-likeness (QED) is 0.0325. The van der Waals surface area contributed by atoms with Crippen LogP contribution in [0, 0.1) is 0 Å². The van der Waals surface area contributed by atoms with Gasteiger partial charge >= 0.3 is 0 Å². The van der Waals surface area contributed by atoms with E-state index in [0.717, 1.165) is 118 Å². The van der Waals surface area contributed by atoms with Crippen LogP contribution in [0.1, 0.15) is 273 Å². The van der Waals surface area contributed by atoms with Crippen molar-refractivity contribution in [3.63, 3.8) is 0 Å². The molecule has 0 amide bonds. The summed E-state index contributed by atoms with van der Waals surface area (Å²) in [7, 11) is 0. The SMILES string of the molecule is CCCCCCCCOc1ccc2c(c1)c1cc(OCCCCCCCC)c(OCCCCCCCC)cc1c1cc(OCCCCCCCC)c(OCCCCCCCC)c(OCCCCCCCC)c21. The number of unbranched alkanes of at least 4 members (excludes halogenated alkanes) is 30. The maximum absolute atomic E-state index is 7.17. The number of ether oxygens (including phenoxy) is 6. The maximum Gasteiger partial charge on any atom is 0.204 e. The van der Waals surface area contributed by atoms with Gasteiger partial charge in [0.15, 0.2) is 23.0 Å². The normalized spacial score (nSPS) is 11.6. The van der Waals surface area contributed by atoms with Crippen molar-refractivity contribution >= 4 is 32.3 Å². The smallest absolute Gasteiger partial charge is 0.204 e. The van der Waals surface area contributed by atoms with Gasteiger partial charge in [-0.15, -0.1) is 0 Å². The van der Waals surface area contributed by atoms with Crippen LogP contribution in [0.15, 0.2) is 36.4 Å². The largest absolute Gasteiger partial charge is 0.494 e. The molecule has 0 radical (unpaired) electrons. The summed E-state index contributed by atoms with van der Waals surface area (Å²) in [5, 5.41) is 6.71. The minimum Gasteiger partial charge on any atom is -0.494 e. The van der Waals surface area contributed by atoms with Gasteiger partial charge in [0.25, 0.3) is 0 Å². The highest BCUT2D eigenvalue weighted by Gasteiger charge is 2.24. The maximum atomic E-state index is 7.17. The Morgan fingerprint density at radius 1 is 0.236 bits per heavy atom. The third-order valence-corrected chi connectivity index (χ3v) is 14.6. The van der Waals surface area contributed by atoms with E-state index in [4.69, 9.17) is 28.4 Å². The van der Waals surface area contributed by atoms with Gasteiger partial charge in [-0.2, -0.15) is 0 Å². The summed E-state index contributed by atoms with van der Waals surface area (Å²) in [5.41, 5.74) is 0. The molecule has 0 saturated heterocycles. The number of fused-ring (bicyclic) bond motifs is 6. The predicted molar refractivity (Wildman–Crippen MR) is 312 cm³/mol. The number of hydrogen-bond acceptors (Lipinski definition) is 6.